The first-order valence-electron chi connectivity index (χ1n) is 15.6. The third kappa shape index (κ3) is 25.6. The second kappa shape index (κ2) is 26.4. The van der Waals surface area contributed by atoms with E-state index in [4.69, 9.17) is 9.47 Å². The third-order valence-corrected chi connectivity index (χ3v) is 6.13. The van der Waals surface area contributed by atoms with E-state index in [0.717, 1.165) is 26.4 Å². The smallest absolute Gasteiger partial charge is 0.571 e. The van der Waals surface area contributed by atoms with Crippen LogP contribution in [0.4, 0.5) is 105 Å². The number of halogens is 24. The standard InChI is InChI=1S/4C5HF6N2.2C4H8O.2Li.Rh/c4*6-4(7,8)2-1-3(13-12-2)5(9,10)11;2*1-2-4-5-3-1;;;/h4*1H;2*1-4H2;;;/q4*-1;;;2*+1;+2. The largest absolute Gasteiger partial charge is 2.00 e. The molecule has 2 fully saturated rings. The Morgan fingerprint density at radius 1 is 0.308 bits per heavy atom. The predicted octanol–water partition coefficient (Wildman–Crippen LogP) is 3.90. The molecule has 65 heavy (non-hydrogen) atoms. The van der Waals surface area contributed by atoms with E-state index in [0.29, 0.717) is 0 Å². The fraction of sp³-hybridized carbons (Fsp3) is 0.571. The maximum Gasteiger partial charge on any atom is 2.00 e. The molecule has 2 aliphatic heterocycles. The molecule has 0 atom stereocenters. The van der Waals surface area contributed by atoms with Gasteiger partial charge in [-0.2, -0.15) is 105 Å². The molecule has 4 aromatic heterocycles. The Balaban J connectivity index is -0.000000723. The predicted molar refractivity (Wildman–Crippen MR) is 150 cm³/mol. The van der Waals surface area contributed by atoms with Gasteiger partial charge >= 0.3 is 107 Å². The fourth-order valence-corrected chi connectivity index (χ4v) is 3.31. The molecule has 6 heterocycles. The van der Waals surface area contributed by atoms with Crippen LogP contribution in [0.15, 0.2) is 24.3 Å². The molecule has 2 aliphatic rings. The molecular formula is C28H20F24Li2N8O2Rh. The number of ether oxygens (including phenoxy) is 2. The quantitative estimate of drug-likeness (QED) is 0.189. The molecule has 2 saturated heterocycles. The molecule has 37 heteroatoms. The Kier molecular flexibility index (Phi) is 26.9. The third-order valence-electron chi connectivity index (χ3n) is 6.13. The van der Waals surface area contributed by atoms with Crippen LogP contribution in [0.5, 0.6) is 0 Å². The molecule has 0 bridgehead atoms. The fourth-order valence-electron chi connectivity index (χ4n) is 3.31. The van der Waals surface area contributed by atoms with Crippen LogP contribution in [0, 0.1) is 0 Å². The average Bonchev–Trinajstić information content (AvgIpc) is 3.96. The number of rotatable bonds is 0. The Labute approximate surface area is 383 Å². The molecule has 4 aromatic rings. The summed E-state index contributed by atoms with van der Waals surface area (Å²) in [6, 6.07) is -0.556. The SMILES string of the molecule is C1CCOC1.C1CCOC1.FC(F)(F)c1cc(C(F)(F)F)[n-]n1.FC(F)(F)c1cc(C(F)(F)F)[n-]n1.FC(F)(F)c1cc(C(F)(F)F)[n-]n1.FC(F)(F)c1cc(C(F)(F)F)[n-]n1.[Li+].[Li+].[Rh+2]. The van der Waals surface area contributed by atoms with E-state index in [-0.39, 0.29) is 81.5 Å². The molecule has 0 aliphatic carbocycles. The second-order valence-electron chi connectivity index (χ2n) is 11.1. The minimum absolute atomic E-state index is 0. The molecule has 0 saturated carbocycles. The van der Waals surface area contributed by atoms with Crippen LogP contribution in [0.25, 0.3) is 0 Å². The van der Waals surface area contributed by atoms with Gasteiger partial charge in [0.15, 0.2) is 0 Å². The Morgan fingerprint density at radius 3 is 0.523 bits per heavy atom. The van der Waals surface area contributed by atoms with E-state index < -0.39 is 95.0 Å². The summed E-state index contributed by atoms with van der Waals surface area (Å²) < 4.78 is 291. The Morgan fingerprint density at radius 2 is 0.462 bits per heavy atom. The van der Waals surface area contributed by atoms with E-state index in [9.17, 15) is 105 Å². The van der Waals surface area contributed by atoms with Crippen LogP contribution in [0.2, 0.25) is 0 Å². The van der Waals surface area contributed by atoms with Crippen molar-refractivity contribution < 1.29 is 172 Å². The van der Waals surface area contributed by atoms with Crippen molar-refractivity contribution in [3.8, 4) is 0 Å². The van der Waals surface area contributed by atoms with Crippen molar-refractivity contribution in [1.82, 2.24) is 40.8 Å². The van der Waals surface area contributed by atoms with Crippen LogP contribution in [0.3, 0.4) is 0 Å². The van der Waals surface area contributed by atoms with Crippen LogP contribution in [-0.4, -0.2) is 46.8 Å². The number of aromatic nitrogens is 8. The normalized spacial score (nSPS) is 14.4. The van der Waals surface area contributed by atoms with Crippen molar-refractivity contribution in [3.05, 3.63) is 69.8 Å². The Bertz CT molecular complexity index is 1490. The van der Waals surface area contributed by atoms with Crippen LogP contribution in [0.1, 0.15) is 71.2 Å². The van der Waals surface area contributed by atoms with Crippen molar-refractivity contribution in [3.63, 3.8) is 0 Å². The van der Waals surface area contributed by atoms with Crippen LogP contribution < -0.4 is 58.1 Å². The van der Waals surface area contributed by atoms with Gasteiger partial charge in [0.05, 0.1) is 0 Å². The van der Waals surface area contributed by atoms with Gasteiger partial charge in [-0.25, -0.2) is 0 Å². The van der Waals surface area contributed by atoms with E-state index in [1.807, 2.05) is 0 Å². The Hall–Kier alpha value is -3.10. The van der Waals surface area contributed by atoms with Crippen molar-refractivity contribution in [2.24, 2.45) is 0 Å². The van der Waals surface area contributed by atoms with Crippen molar-refractivity contribution in [1.29, 1.82) is 0 Å². The first-order chi connectivity index (χ1) is 27.8. The molecule has 0 N–H and O–H groups in total. The van der Waals surface area contributed by atoms with Gasteiger partial charge in [-0.1, -0.05) is 0 Å². The summed E-state index contributed by atoms with van der Waals surface area (Å²) in [4.78, 5) is 0. The maximum absolute atomic E-state index is 11.7. The van der Waals surface area contributed by atoms with Crippen LogP contribution >= 0.6 is 0 Å². The van der Waals surface area contributed by atoms with Crippen molar-refractivity contribution in [2.75, 3.05) is 26.4 Å². The van der Waals surface area contributed by atoms with E-state index in [1.165, 1.54) is 25.7 Å². The van der Waals surface area contributed by atoms with Gasteiger partial charge in [-0.15, -0.1) is 0 Å². The summed E-state index contributed by atoms with van der Waals surface area (Å²) in [5.41, 5.74) is -13.1. The topological polar surface area (TPSA) is 126 Å². The number of alkyl halides is 24. The minimum atomic E-state index is -4.89. The van der Waals surface area contributed by atoms with E-state index in [1.54, 1.807) is 0 Å². The molecule has 363 valence electrons. The summed E-state index contributed by atoms with van der Waals surface area (Å²) in [6.07, 6.45) is -34.0. The summed E-state index contributed by atoms with van der Waals surface area (Å²) >= 11 is 0. The summed E-state index contributed by atoms with van der Waals surface area (Å²) in [5.74, 6) is 0. The van der Waals surface area contributed by atoms with Gasteiger partial charge in [0, 0.05) is 26.4 Å². The molecule has 0 unspecified atom stereocenters. The summed E-state index contributed by atoms with van der Waals surface area (Å²) in [5, 5.41) is 18.9. The maximum atomic E-state index is 11.7. The second-order valence-corrected chi connectivity index (χ2v) is 11.1. The number of hydrogen-bond acceptors (Lipinski definition) is 6. The minimum Gasteiger partial charge on any atom is -0.571 e. The van der Waals surface area contributed by atoms with Gasteiger partial charge in [0.2, 0.25) is 0 Å². The first kappa shape index (κ1) is 66.2. The molecule has 0 aromatic carbocycles. The van der Waals surface area contributed by atoms with Gasteiger partial charge < -0.3 is 50.3 Å². The number of hydrogen-bond donors (Lipinski definition) is 0. The zero-order valence-electron chi connectivity index (χ0n) is 31.8. The first-order valence-corrected chi connectivity index (χ1v) is 15.6. The summed E-state index contributed by atoms with van der Waals surface area (Å²) in [6.45, 7) is 4.00. The molecule has 0 spiro atoms. The van der Waals surface area contributed by atoms with Crippen LogP contribution in [-0.2, 0) is 78.4 Å². The zero-order valence-corrected chi connectivity index (χ0v) is 33.4. The molecule has 6 rings (SSSR count). The molecule has 1 radical (unpaired) electrons. The van der Waals surface area contributed by atoms with Gasteiger partial charge in [-0.05, 0) is 72.7 Å². The van der Waals surface area contributed by atoms with Gasteiger partial charge in [-0.3, -0.25) is 0 Å². The van der Waals surface area contributed by atoms with Crippen molar-refractivity contribution >= 4 is 0 Å². The monoisotopic (exact) mass is 1070 g/mol. The molecule has 10 nitrogen and oxygen atoms in total. The average molecular weight is 1070 g/mol. The van der Waals surface area contributed by atoms with E-state index in [2.05, 4.69) is 40.8 Å². The molecule has 0 amide bonds. The summed E-state index contributed by atoms with van der Waals surface area (Å²) in [7, 11) is 0. The van der Waals surface area contributed by atoms with E-state index >= 15 is 0 Å². The number of nitrogens with zero attached hydrogens (tertiary/aromatic N) is 8. The zero-order chi connectivity index (χ0) is 48.2. The van der Waals surface area contributed by atoms with Crippen molar-refractivity contribution in [2.45, 2.75) is 75.1 Å². The van der Waals surface area contributed by atoms with Gasteiger partial charge in [0.25, 0.3) is 0 Å². The van der Waals surface area contributed by atoms with Gasteiger partial charge in [0.1, 0.15) is 22.8 Å². The molecular weight excluding hydrogens is 1050 g/mol.